The highest BCUT2D eigenvalue weighted by Gasteiger charge is 2.20. The maximum absolute atomic E-state index is 12.0. The molecule has 2 N–H and O–H groups in total. The van der Waals surface area contributed by atoms with Gasteiger partial charge in [-0.1, -0.05) is 6.92 Å². The van der Waals surface area contributed by atoms with Gasteiger partial charge in [0.1, 0.15) is 12.4 Å². The van der Waals surface area contributed by atoms with Crippen LogP contribution in [0.1, 0.15) is 29.4 Å². The van der Waals surface area contributed by atoms with Crippen molar-refractivity contribution in [2.45, 2.75) is 26.3 Å². The number of amides is 1. The van der Waals surface area contributed by atoms with E-state index in [4.69, 9.17) is 5.11 Å². The Balaban J connectivity index is 2.31. The summed E-state index contributed by atoms with van der Waals surface area (Å²) < 4.78 is 1.43. The van der Waals surface area contributed by atoms with E-state index in [1.165, 1.54) is 17.0 Å². The number of aliphatic carboxylic acids is 1. The summed E-state index contributed by atoms with van der Waals surface area (Å²) in [5.74, 6) is -1.17. The van der Waals surface area contributed by atoms with Gasteiger partial charge in [0, 0.05) is 6.20 Å². The summed E-state index contributed by atoms with van der Waals surface area (Å²) in [5.41, 5.74) is 0.831. The first-order valence-electron chi connectivity index (χ1n) is 5.73. The predicted octanol–water partition coefficient (Wildman–Crippen LogP) is 0.0257. The van der Waals surface area contributed by atoms with Gasteiger partial charge in [-0.25, -0.2) is 14.3 Å². The zero-order valence-electron chi connectivity index (χ0n) is 10.5. The van der Waals surface area contributed by atoms with Crippen LogP contribution in [0.25, 0.3) is 5.78 Å². The van der Waals surface area contributed by atoms with Crippen molar-refractivity contribution in [2.24, 2.45) is 0 Å². The molecule has 2 aromatic rings. The standard InChI is InChI=1S/C11H13N5O3/c1-3-8(10(18)19)15-9(17)7-4-12-11-13-5-14-16(11)6(7)2/h4-5,8H,3H2,1-2H3,(H,15,17)(H,18,19)/t8-/m1/s1. The summed E-state index contributed by atoms with van der Waals surface area (Å²) in [6.07, 6.45) is 3.01. The number of nitrogens with zero attached hydrogens (tertiary/aromatic N) is 4. The van der Waals surface area contributed by atoms with Crippen molar-refractivity contribution in [2.75, 3.05) is 0 Å². The Labute approximate surface area is 108 Å². The lowest BCUT2D eigenvalue weighted by atomic mass is 10.2. The molecular weight excluding hydrogens is 250 g/mol. The number of rotatable bonds is 4. The van der Waals surface area contributed by atoms with E-state index in [2.05, 4.69) is 20.4 Å². The number of aryl methyl sites for hydroxylation is 1. The molecule has 2 heterocycles. The number of hydrogen-bond acceptors (Lipinski definition) is 5. The molecule has 0 fully saturated rings. The van der Waals surface area contributed by atoms with E-state index >= 15 is 0 Å². The monoisotopic (exact) mass is 263 g/mol. The van der Waals surface area contributed by atoms with Gasteiger partial charge in [-0.2, -0.15) is 10.1 Å². The third-order valence-electron chi connectivity index (χ3n) is 2.80. The van der Waals surface area contributed by atoms with Gasteiger partial charge in [0.25, 0.3) is 11.7 Å². The number of nitrogens with one attached hydrogen (secondary N) is 1. The van der Waals surface area contributed by atoms with Gasteiger partial charge >= 0.3 is 5.97 Å². The minimum Gasteiger partial charge on any atom is -0.480 e. The summed E-state index contributed by atoms with van der Waals surface area (Å²) in [6, 6.07) is -0.918. The van der Waals surface area contributed by atoms with Crippen LogP contribution in [-0.2, 0) is 4.79 Å². The smallest absolute Gasteiger partial charge is 0.326 e. The highest BCUT2D eigenvalue weighted by molar-refractivity contribution is 5.97. The fourth-order valence-corrected chi connectivity index (χ4v) is 1.69. The average molecular weight is 263 g/mol. The van der Waals surface area contributed by atoms with E-state index in [-0.39, 0.29) is 5.56 Å². The molecule has 1 atom stereocenters. The Morgan fingerprint density at radius 1 is 1.47 bits per heavy atom. The summed E-state index contributed by atoms with van der Waals surface area (Å²) in [4.78, 5) is 30.8. The number of carbonyl (C=O) groups excluding carboxylic acids is 1. The van der Waals surface area contributed by atoms with Gasteiger partial charge in [0.05, 0.1) is 11.3 Å². The number of fused-ring (bicyclic) bond motifs is 1. The Hall–Kier alpha value is -2.51. The number of aromatic nitrogens is 4. The van der Waals surface area contributed by atoms with Crippen LogP contribution < -0.4 is 5.32 Å². The molecule has 8 heteroatoms. The fourth-order valence-electron chi connectivity index (χ4n) is 1.69. The van der Waals surface area contributed by atoms with Crippen molar-refractivity contribution in [1.29, 1.82) is 0 Å². The van der Waals surface area contributed by atoms with Crippen molar-refractivity contribution in [3.8, 4) is 0 Å². The maximum Gasteiger partial charge on any atom is 0.326 e. The molecule has 0 spiro atoms. The van der Waals surface area contributed by atoms with Crippen molar-refractivity contribution >= 4 is 17.7 Å². The Morgan fingerprint density at radius 2 is 2.21 bits per heavy atom. The molecule has 19 heavy (non-hydrogen) atoms. The van der Waals surface area contributed by atoms with Crippen LogP contribution in [0.2, 0.25) is 0 Å². The van der Waals surface area contributed by atoms with E-state index in [9.17, 15) is 9.59 Å². The topological polar surface area (TPSA) is 109 Å². The van der Waals surface area contributed by atoms with Crippen LogP contribution in [-0.4, -0.2) is 42.6 Å². The van der Waals surface area contributed by atoms with Crippen molar-refractivity contribution in [1.82, 2.24) is 24.9 Å². The summed E-state index contributed by atoms with van der Waals surface area (Å²) in [5, 5.41) is 15.3. The third kappa shape index (κ3) is 2.37. The predicted molar refractivity (Wildman–Crippen MR) is 64.7 cm³/mol. The minimum absolute atomic E-state index is 0.276. The van der Waals surface area contributed by atoms with Crippen LogP contribution in [0.4, 0.5) is 0 Å². The highest BCUT2D eigenvalue weighted by atomic mass is 16.4. The summed E-state index contributed by atoms with van der Waals surface area (Å²) in [7, 11) is 0. The van der Waals surface area contributed by atoms with Gasteiger partial charge in [-0.3, -0.25) is 4.79 Å². The first kappa shape index (κ1) is 12.9. The van der Waals surface area contributed by atoms with Crippen molar-refractivity contribution < 1.29 is 14.7 Å². The van der Waals surface area contributed by atoms with Crippen LogP contribution in [0.15, 0.2) is 12.5 Å². The zero-order chi connectivity index (χ0) is 14.0. The molecule has 1 amide bonds. The molecule has 0 unspecified atom stereocenters. The third-order valence-corrected chi connectivity index (χ3v) is 2.80. The lowest BCUT2D eigenvalue weighted by Crippen LogP contribution is -2.40. The molecule has 0 aliphatic carbocycles. The van der Waals surface area contributed by atoms with E-state index in [0.29, 0.717) is 17.9 Å². The van der Waals surface area contributed by atoms with Crippen LogP contribution in [0.3, 0.4) is 0 Å². The van der Waals surface area contributed by atoms with Crippen molar-refractivity contribution in [3.05, 3.63) is 23.8 Å². The molecular formula is C11H13N5O3. The first-order chi connectivity index (χ1) is 9.04. The van der Waals surface area contributed by atoms with Crippen LogP contribution in [0.5, 0.6) is 0 Å². The lowest BCUT2D eigenvalue weighted by molar-refractivity contribution is -0.139. The zero-order valence-corrected chi connectivity index (χ0v) is 10.5. The molecule has 0 bridgehead atoms. The summed E-state index contributed by atoms with van der Waals surface area (Å²) in [6.45, 7) is 3.38. The lowest BCUT2D eigenvalue weighted by Gasteiger charge is -2.13. The second-order valence-electron chi connectivity index (χ2n) is 4.00. The number of carbonyl (C=O) groups is 2. The number of carboxylic acids is 1. The second-order valence-corrected chi connectivity index (χ2v) is 4.00. The van der Waals surface area contributed by atoms with E-state index in [0.717, 1.165) is 0 Å². The minimum atomic E-state index is -1.07. The molecule has 2 rings (SSSR count). The van der Waals surface area contributed by atoms with Crippen LogP contribution in [0, 0.1) is 6.92 Å². The highest BCUT2D eigenvalue weighted by Crippen LogP contribution is 2.08. The molecule has 0 saturated heterocycles. The van der Waals surface area contributed by atoms with Gasteiger partial charge in [-0.15, -0.1) is 0 Å². The van der Waals surface area contributed by atoms with Gasteiger partial charge in [-0.05, 0) is 13.3 Å². The molecule has 0 aliphatic rings. The SMILES string of the molecule is CC[C@@H](NC(=O)c1cnc2ncnn2c1C)C(=O)O. The Kier molecular flexibility index (Phi) is 3.41. The second kappa shape index (κ2) is 5.01. The Morgan fingerprint density at radius 3 is 2.84 bits per heavy atom. The van der Waals surface area contributed by atoms with E-state index in [1.54, 1.807) is 13.8 Å². The van der Waals surface area contributed by atoms with Crippen LogP contribution >= 0.6 is 0 Å². The first-order valence-corrected chi connectivity index (χ1v) is 5.73. The molecule has 2 aromatic heterocycles. The van der Waals surface area contributed by atoms with E-state index < -0.39 is 17.9 Å². The molecule has 0 saturated carbocycles. The largest absolute Gasteiger partial charge is 0.480 e. The molecule has 8 nitrogen and oxygen atoms in total. The van der Waals surface area contributed by atoms with Gasteiger partial charge in [0.2, 0.25) is 0 Å². The normalized spacial score (nSPS) is 12.3. The van der Waals surface area contributed by atoms with Gasteiger partial charge < -0.3 is 10.4 Å². The Bertz CT molecular complexity index is 636. The molecule has 0 aromatic carbocycles. The van der Waals surface area contributed by atoms with Crippen molar-refractivity contribution in [3.63, 3.8) is 0 Å². The maximum atomic E-state index is 12.0. The average Bonchev–Trinajstić information content (AvgIpc) is 2.84. The number of carboxylic acid groups (broad SMARTS) is 1. The van der Waals surface area contributed by atoms with Gasteiger partial charge in [0.15, 0.2) is 0 Å². The quantitative estimate of drug-likeness (QED) is 0.805. The number of hydrogen-bond donors (Lipinski definition) is 2. The molecule has 0 radical (unpaired) electrons. The summed E-state index contributed by atoms with van der Waals surface area (Å²) >= 11 is 0. The molecule has 100 valence electrons. The van der Waals surface area contributed by atoms with E-state index in [1.807, 2.05) is 0 Å². The molecule has 0 aliphatic heterocycles. The fraction of sp³-hybridized carbons (Fsp3) is 0.364.